The number of rotatable bonds is 11. The summed E-state index contributed by atoms with van der Waals surface area (Å²) in [6.07, 6.45) is 9.55. The molecule has 1 aromatic heterocycles. The van der Waals surface area contributed by atoms with Crippen molar-refractivity contribution in [1.82, 2.24) is 30.2 Å². The van der Waals surface area contributed by atoms with Gasteiger partial charge in [0.15, 0.2) is 0 Å². The average molecular weight is 647 g/mol. The Hall–Kier alpha value is -3.73. The van der Waals surface area contributed by atoms with Crippen LogP contribution < -0.4 is 10.6 Å². The summed E-state index contributed by atoms with van der Waals surface area (Å²) in [5.74, 6) is -0.792. The maximum atomic E-state index is 14.1. The van der Waals surface area contributed by atoms with E-state index < -0.39 is 23.5 Å². The van der Waals surface area contributed by atoms with Crippen molar-refractivity contribution in [2.45, 2.75) is 78.0 Å². The number of nitrogens with one attached hydrogen (secondary N) is 2. The molecule has 2 aliphatic heterocycles. The SMILES string of the molecule is CNC(=O)[C@@H](NC(=O)[C@@H]1CN(C(=O)c2cnn(Cc3ccccc3)c2)CC12CN(C(=O)[C@H]1CC1(C)C)C2)[C@@H](C)OCC1CCCCC1. The van der Waals surface area contributed by atoms with Crippen LogP contribution in [0.5, 0.6) is 0 Å². The highest BCUT2D eigenvalue weighted by Gasteiger charge is 2.62. The Bertz CT molecular complexity index is 1460. The van der Waals surface area contributed by atoms with E-state index in [1.807, 2.05) is 42.2 Å². The lowest BCUT2D eigenvalue weighted by atomic mass is 9.70. The standard InChI is InChI=1S/C36H50N6O5/c1-24(47-20-26-13-9-6-10-14-26)30(32(44)37-4)39-31(43)29-19-40(21-36(29)22-41(23-36)34(46)28-15-35(28,2)3)33(45)27-16-38-42(18-27)17-25-11-7-5-8-12-25/h5,7-8,11-12,16,18,24,26,28-30H,6,9-10,13-15,17,19-23H2,1-4H3,(H,37,44)(H,39,43)/t24-,28-,29+,30+/m1/s1. The van der Waals surface area contributed by atoms with Gasteiger partial charge in [-0.05, 0) is 43.1 Å². The number of carbonyl (C=O) groups excluding carboxylic acids is 4. The highest BCUT2D eigenvalue weighted by atomic mass is 16.5. The Balaban J connectivity index is 1.16. The summed E-state index contributed by atoms with van der Waals surface area (Å²) in [6.45, 7) is 8.51. The van der Waals surface area contributed by atoms with Gasteiger partial charge in [0.05, 0.1) is 30.3 Å². The quantitative estimate of drug-likeness (QED) is 0.387. The summed E-state index contributed by atoms with van der Waals surface area (Å²) >= 11 is 0. The second-order valence-electron chi connectivity index (χ2n) is 15.1. The van der Waals surface area contributed by atoms with Crippen LogP contribution in [0.4, 0.5) is 0 Å². The molecule has 2 saturated carbocycles. The molecule has 2 N–H and O–H groups in total. The summed E-state index contributed by atoms with van der Waals surface area (Å²) in [5, 5.41) is 10.1. The number of benzene rings is 1. The summed E-state index contributed by atoms with van der Waals surface area (Å²) in [6, 6.07) is 9.04. The number of amides is 4. The minimum Gasteiger partial charge on any atom is -0.376 e. The molecule has 3 heterocycles. The van der Waals surface area contributed by atoms with Gasteiger partial charge in [-0.1, -0.05) is 63.4 Å². The van der Waals surface area contributed by atoms with E-state index in [1.54, 1.807) is 29.0 Å². The van der Waals surface area contributed by atoms with E-state index in [2.05, 4.69) is 29.6 Å². The molecular formula is C36H50N6O5. The second-order valence-corrected chi connectivity index (χ2v) is 15.1. The Kier molecular flexibility index (Phi) is 9.47. The molecule has 1 spiro atoms. The van der Waals surface area contributed by atoms with Crippen molar-refractivity contribution in [3.8, 4) is 0 Å². The Morgan fingerprint density at radius 1 is 1.00 bits per heavy atom. The van der Waals surface area contributed by atoms with Gasteiger partial charge in [0.1, 0.15) is 6.04 Å². The molecule has 4 fully saturated rings. The van der Waals surface area contributed by atoms with Crippen LogP contribution in [0.15, 0.2) is 42.7 Å². The maximum Gasteiger partial charge on any atom is 0.257 e. The lowest BCUT2D eigenvalue weighted by molar-refractivity contribution is -0.152. The molecule has 4 aliphatic rings. The van der Waals surface area contributed by atoms with Crippen LogP contribution >= 0.6 is 0 Å². The number of aromatic nitrogens is 2. The molecule has 4 atom stereocenters. The van der Waals surface area contributed by atoms with E-state index >= 15 is 0 Å². The van der Waals surface area contributed by atoms with Crippen molar-refractivity contribution < 1.29 is 23.9 Å². The Morgan fingerprint density at radius 3 is 2.34 bits per heavy atom. The molecule has 254 valence electrons. The molecule has 47 heavy (non-hydrogen) atoms. The fourth-order valence-electron chi connectivity index (χ4n) is 7.84. The monoisotopic (exact) mass is 646 g/mol. The van der Waals surface area contributed by atoms with Crippen LogP contribution in [0.2, 0.25) is 0 Å². The van der Waals surface area contributed by atoms with E-state index in [1.165, 1.54) is 19.3 Å². The molecule has 0 bridgehead atoms. The lowest BCUT2D eigenvalue weighted by Crippen LogP contribution is -2.65. The highest BCUT2D eigenvalue weighted by molar-refractivity contribution is 5.95. The number of hydrogen-bond donors (Lipinski definition) is 2. The molecule has 2 aliphatic carbocycles. The van der Waals surface area contributed by atoms with Crippen LogP contribution in [-0.4, -0.2) is 95.2 Å². The predicted octanol–water partition coefficient (Wildman–Crippen LogP) is 3.09. The first-order valence-corrected chi connectivity index (χ1v) is 17.3. The summed E-state index contributed by atoms with van der Waals surface area (Å²) in [4.78, 5) is 57.8. The summed E-state index contributed by atoms with van der Waals surface area (Å²) in [7, 11) is 1.56. The number of hydrogen-bond acceptors (Lipinski definition) is 6. The third kappa shape index (κ3) is 7.10. The number of likely N-dealkylation sites (tertiary alicyclic amines) is 2. The van der Waals surface area contributed by atoms with Gasteiger partial charge in [-0.15, -0.1) is 0 Å². The first-order chi connectivity index (χ1) is 22.5. The van der Waals surface area contributed by atoms with E-state index in [0.717, 1.165) is 24.8 Å². The molecule has 1 aromatic carbocycles. The fourth-order valence-corrected chi connectivity index (χ4v) is 7.84. The zero-order valence-corrected chi connectivity index (χ0v) is 28.2. The van der Waals surface area contributed by atoms with Gasteiger partial charge in [0, 0.05) is 57.4 Å². The van der Waals surface area contributed by atoms with Crippen molar-refractivity contribution in [3.05, 3.63) is 53.9 Å². The van der Waals surface area contributed by atoms with Crippen molar-refractivity contribution in [2.24, 2.45) is 28.6 Å². The van der Waals surface area contributed by atoms with E-state index in [-0.39, 0.29) is 41.5 Å². The molecule has 4 amide bonds. The number of likely N-dealkylation sites (N-methyl/N-ethyl adjacent to an activating group) is 1. The Morgan fingerprint density at radius 2 is 1.68 bits per heavy atom. The molecule has 11 heteroatoms. The van der Waals surface area contributed by atoms with Crippen LogP contribution in [0, 0.1) is 28.6 Å². The maximum absolute atomic E-state index is 14.1. The second kappa shape index (κ2) is 13.4. The molecule has 0 radical (unpaired) electrons. The number of carbonyl (C=O) groups is 4. The third-order valence-electron chi connectivity index (χ3n) is 11.1. The number of nitrogens with zero attached hydrogens (tertiary/aromatic N) is 4. The molecule has 2 saturated heterocycles. The zero-order valence-electron chi connectivity index (χ0n) is 28.2. The molecular weight excluding hydrogens is 596 g/mol. The van der Waals surface area contributed by atoms with Crippen molar-refractivity contribution >= 4 is 23.6 Å². The smallest absolute Gasteiger partial charge is 0.257 e. The number of ether oxygens (including phenoxy) is 1. The van der Waals surface area contributed by atoms with Crippen molar-refractivity contribution in [3.63, 3.8) is 0 Å². The van der Waals surface area contributed by atoms with Crippen LogP contribution in [0.3, 0.4) is 0 Å². The van der Waals surface area contributed by atoms with Crippen LogP contribution in [0.1, 0.15) is 75.2 Å². The minimum absolute atomic E-state index is 0.00140. The normalized spacial score (nSPS) is 24.3. The van der Waals surface area contributed by atoms with Gasteiger partial charge < -0.3 is 25.2 Å². The predicted molar refractivity (Wildman–Crippen MR) is 176 cm³/mol. The van der Waals surface area contributed by atoms with Gasteiger partial charge in [0.25, 0.3) is 5.91 Å². The van der Waals surface area contributed by atoms with Crippen molar-refractivity contribution in [2.75, 3.05) is 39.8 Å². The van der Waals surface area contributed by atoms with E-state index in [0.29, 0.717) is 44.3 Å². The Labute approximate surface area is 277 Å². The van der Waals surface area contributed by atoms with Gasteiger partial charge in [-0.3, -0.25) is 23.9 Å². The molecule has 6 rings (SSSR count). The average Bonchev–Trinajstić information content (AvgIpc) is 3.37. The highest BCUT2D eigenvalue weighted by Crippen LogP contribution is 2.54. The fraction of sp³-hybridized carbons (Fsp3) is 0.639. The van der Waals surface area contributed by atoms with Gasteiger partial charge in [0.2, 0.25) is 17.7 Å². The van der Waals surface area contributed by atoms with E-state index in [9.17, 15) is 19.2 Å². The van der Waals surface area contributed by atoms with Crippen LogP contribution in [0.25, 0.3) is 0 Å². The minimum atomic E-state index is -0.876. The topological polar surface area (TPSA) is 126 Å². The summed E-state index contributed by atoms with van der Waals surface area (Å²) in [5.41, 5.74) is 0.945. The summed E-state index contributed by atoms with van der Waals surface area (Å²) < 4.78 is 7.92. The van der Waals surface area contributed by atoms with Crippen molar-refractivity contribution in [1.29, 1.82) is 0 Å². The molecule has 0 unspecified atom stereocenters. The third-order valence-corrected chi connectivity index (χ3v) is 11.1. The molecule has 11 nitrogen and oxygen atoms in total. The zero-order chi connectivity index (χ0) is 33.3. The van der Waals surface area contributed by atoms with Gasteiger partial charge in [-0.2, -0.15) is 5.10 Å². The van der Waals surface area contributed by atoms with Gasteiger partial charge in [-0.25, -0.2) is 0 Å². The van der Waals surface area contributed by atoms with Crippen LogP contribution in [-0.2, 0) is 25.7 Å². The first kappa shape index (κ1) is 33.2. The first-order valence-electron chi connectivity index (χ1n) is 17.3. The van der Waals surface area contributed by atoms with Gasteiger partial charge >= 0.3 is 0 Å². The van der Waals surface area contributed by atoms with E-state index in [4.69, 9.17) is 4.74 Å². The lowest BCUT2D eigenvalue weighted by Gasteiger charge is -2.50. The molecule has 2 aromatic rings. The largest absolute Gasteiger partial charge is 0.376 e.